The molecule has 1 amide bonds. The molecule has 0 aliphatic heterocycles. The number of hydrogen-bond donors (Lipinski definition) is 1. The topological polar surface area (TPSA) is 69.2 Å². The molecular weight excluding hydrogens is 487 g/mol. The van der Waals surface area contributed by atoms with Gasteiger partial charge < -0.3 is 14.2 Å². The Balaban J connectivity index is 1.63. The molecule has 33 heavy (non-hydrogen) atoms. The fourth-order valence-electron chi connectivity index (χ4n) is 2.89. The lowest BCUT2D eigenvalue weighted by atomic mass is 10.1. The first-order chi connectivity index (χ1) is 15.9. The number of hydrazone groups is 1. The first-order valence-electron chi connectivity index (χ1n) is 9.78. The number of carbonyl (C=O) groups excluding carboxylic acids is 1. The van der Waals surface area contributed by atoms with Crippen LogP contribution in [-0.2, 0) is 17.8 Å². The fourth-order valence-corrected chi connectivity index (χ4v) is 3.63. The molecule has 0 heterocycles. The summed E-state index contributed by atoms with van der Waals surface area (Å²) in [5.74, 6) is 1.26. The van der Waals surface area contributed by atoms with Gasteiger partial charge >= 0.3 is 0 Å². The summed E-state index contributed by atoms with van der Waals surface area (Å²) in [4.78, 5) is 12.1. The van der Waals surface area contributed by atoms with Crippen LogP contribution in [0.1, 0.15) is 16.7 Å². The minimum Gasteiger partial charge on any atom is -0.497 e. The van der Waals surface area contributed by atoms with Gasteiger partial charge in [-0.1, -0.05) is 53.0 Å². The average Bonchev–Trinajstić information content (AvgIpc) is 2.79. The van der Waals surface area contributed by atoms with Gasteiger partial charge in [-0.2, -0.15) is 5.10 Å². The summed E-state index contributed by atoms with van der Waals surface area (Å²) in [6, 6.07) is 15.7. The summed E-state index contributed by atoms with van der Waals surface area (Å²) in [6.07, 6.45) is 1.66. The molecule has 3 aromatic rings. The van der Waals surface area contributed by atoms with E-state index in [9.17, 15) is 4.79 Å². The third-order valence-corrected chi connectivity index (χ3v) is 5.43. The number of ether oxygens (including phenoxy) is 3. The maximum absolute atomic E-state index is 12.1. The van der Waals surface area contributed by atoms with Crippen LogP contribution in [0.4, 0.5) is 0 Å². The first kappa shape index (κ1) is 24.7. The van der Waals surface area contributed by atoms with Crippen LogP contribution >= 0.6 is 34.8 Å². The summed E-state index contributed by atoms with van der Waals surface area (Å²) in [5.41, 5.74) is 4.72. The number of carbonyl (C=O) groups is 1. The van der Waals surface area contributed by atoms with E-state index in [2.05, 4.69) is 10.5 Å². The van der Waals surface area contributed by atoms with Crippen LogP contribution < -0.4 is 19.6 Å². The molecule has 0 aliphatic carbocycles. The lowest BCUT2D eigenvalue weighted by Gasteiger charge is -2.14. The molecule has 6 nitrogen and oxygen atoms in total. The number of rotatable bonds is 9. The molecule has 0 saturated heterocycles. The highest BCUT2D eigenvalue weighted by Crippen LogP contribution is 2.37. The van der Waals surface area contributed by atoms with Crippen molar-refractivity contribution in [1.82, 2.24) is 5.43 Å². The molecule has 0 unspecified atom stereocenters. The van der Waals surface area contributed by atoms with Crippen molar-refractivity contribution in [3.63, 3.8) is 0 Å². The predicted molar refractivity (Wildman–Crippen MR) is 131 cm³/mol. The second-order valence-corrected chi connectivity index (χ2v) is 8.13. The number of benzene rings is 3. The Morgan fingerprint density at radius 3 is 2.39 bits per heavy atom. The van der Waals surface area contributed by atoms with Crippen molar-refractivity contribution < 1.29 is 19.0 Å². The van der Waals surface area contributed by atoms with Gasteiger partial charge in [-0.3, -0.25) is 4.79 Å². The molecule has 0 saturated carbocycles. The minimum atomic E-state index is -0.255. The number of nitrogens with one attached hydrogen (secondary N) is 1. The van der Waals surface area contributed by atoms with Crippen molar-refractivity contribution in [2.75, 3.05) is 14.2 Å². The van der Waals surface area contributed by atoms with Crippen molar-refractivity contribution in [2.45, 2.75) is 13.0 Å². The molecule has 0 spiro atoms. The maximum Gasteiger partial charge on any atom is 0.244 e. The van der Waals surface area contributed by atoms with E-state index in [0.29, 0.717) is 32.1 Å². The molecule has 1 N–H and O–H groups in total. The SMILES string of the molecule is COc1ccc(CC(=O)N/N=C/c2cc(Cl)c(OCc3ccc(Cl)cc3Cl)c(OC)c2)cc1. The standard InChI is InChI=1S/C24H21Cl3N2O4/c1-31-19-7-3-15(4-8-19)11-23(30)29-28-13-16-9-21(27)24(22(10-16)32-2)33-14-17-5-6-18(25)12-20(17)26/h3-10,12-13H,11,14H2,1-2H3,(H,29,30)/b28-13+. The van der Waals surface area contributed by atoms with Gasteiger partial charge in [0.25, 0.3) is 0 Å². The van der Waals surface area contributed by atoms with Crippen LogP contribution in [0.15, 0.2) is 59.7 Å². The second kappa shape index (κ2) is 11.8. The molecule has 0 fully saturated rings. The monoisotopic (exact) mass is 506 g/mol. The number of halogens is 3. The van der Waals surface area contributed by atoms with E-state index in [0.717, 1.165) is 16.9 Å². The Morgan fingerprint density at radius 2 is 1.73 bits per heavy atom. The molecule has 3 rings (SSSR count). The maximum atomic E-state index is 12.1. The highest BCUT2D eigenvalue weighted by Gasteiger charge is 2.13. The van der Waals surface area contributed by atoms with Crippen molar-refractivity contribution >= 4 is 46.9 Å². The van der Waals surface area contributed by atoms with Gasteiger partial charge in [-0.05, 0) is 47.5 Å². The van der Waals surface area contributed by atoms with E-state index in [1.165, 1.54) is 13.3 Å². The Labute approximate surface area is 207 Å². The van der Waals surface area contributed by atoms with Gasteiger partial charge in [0.15, 0.2) is 11.5 Å². The van der Waals surface area contributed by atoms with Gasteiger partial charge in [0.05, 0.1) is 31.9 Å². The van der Waals surface area contributed by atoms with E-state index in [1.54, 1.807) is 49.6 Å². The Hall–Kier alpha value is -2.93. The normalized spacial score (nSPS) is 10.8. The van der Waals surface area contributed by atoms with Gasteiger partial charge in [0.2, 0.25) is 5.91 Å². The zero-order valence-electron chi connectivity index (χ0n) is 17.9. The molecule has 9 heteroatoms. The average molecular weight is 508 g/mol. The smallest absolute Gasteiger partial charge is 0.244 e. The van der Waals surface area contributed by atoms with Crippen LogP contribution in [0.5, 0.6) is 17.2 Å². The van der Waals surface area contributed by atoms with E-state index < -0.39 is 0 Å². The van der Waals surface area contributed by atoms with E-state index >= 15 is 0 Å². The van der Waals surface area contributed by atoms with Crippen LogP contribution in [-0.4, -0.2) is 26.3 Å². The Bertz CT molecular complexity index is 1150. The summed E-state index contributed by atoms with van der Waals surface area (Å²) < 4.78 is 16.4. The summed E-state index contributed by atoms with van der Waals surface area (Å²) >= 11 is 18.5. The number of nitrogens with zero attached hydrogens (tertiary/aromatic N) is 1. The van der Waals surface area contributed by atoms with Gasteiger partial charge in [-0.25, -0.2) is 5.43 Å². The molecule has 0 bridgehead atoms. The highest BCUT2D eigenvalue weighted by molar-refractivity contribution is 6.35. The van der Waals surface area contributed by atoms with E-state index in [4.69, 9.17) is 49.0 Å². The predicted octanol–water partition coefficient (Wildman–Crippen LogP) is 5.94. The fraction of sp³-hybridized carbons (Fsp3) is 0.167. The Morgan fingerprint density at radius 1 is 0.970 bits per heavy atom. The highest BCUT2D eigenvalue weighted by atomic mass is 35.5. The molecular formula is C24H21Cl3N2O4. The van der Waals surface area contributed by atoms with Gasteiger partial charge in [0, 0.05) is 15.6 Å². The van der Waals surface area contributed by atoms with Gasteiger partial charge in [0.1, 0.15) is 12.4 Å². The third-order valence-electron chi connectivity index (χ3n) is 4.57. The van der Waals surface area contributed by atoms with Crippen molar-refractivity contribution in [3.05, 3.63) is 86.4 Å². The van der Waals surface area contributed by atoms with Crippen molar-refractivity contribution in [2.24, 2.45) is 5.10 Å². The van der Waals surface area contributed by atoms with E-state index in [-0.39, 0.29) is 18.9 Å². The zero-order valence-corrected chi connectivity index (χ0v) is 20.2. The molecule has 3 aromatic carbocycles. The molecule has 172 valence electrons. The molecule has 0 radical (unpaired) electrons. The largest absolute Gasteiger partial charge is 0.497 e. The minimum absolute atomic E-state index is 0.181. The van der Waals surface area contributed by atoms with Crippen LogP contribution in [0.25, 0.3) is 0 Å². The lowest BCUT2D eigenvalue weighted by Crippen LogP contribution is -2.19. The summed E-state index contributed by atoms with van der Waals surface area (Å²) in [6.45, 7) is 0.181. The van der Waals surface area contributed by atoms with Crippen molar-refractivity contribution in [3.8, 4) is 17.2 Å². The van der Waals surface area contributed by atoms with Crippen LogP contribution in [0, 0.1) is 0 Å². The first-order valence-corrected chi connectivity index (χ1v) is 10.9. The lowest BCUT2D eigenvalue weighted by molar-refractivity contribution is -0.120. The van der Waals surface area contributed by atoms with Gasteiger partial charge in [-0.15, -0.1) is 0 Å². The van der Waals surface area contributed by atoms with Crippen LogP contribution in [0.2, 0.25) is 15.1 Å². The quantitative estimate of drug-likeness (QED) is 0.288. The number of hydrogen-bond acceptors (Lipinski definition) is 5. The summed E-state index contributed by atoms with van der Waals surface area (Å²) in [7, 11) is 3.09. The second-order valence-electron chi connectivity index (χ2n) is 6.88. The molecule has 0 aliphatic rings. The third kappa shape index (κ3) is 7.02. The summed E-state index contributed by atoms with van der Waals surface area (Å²) in [5, 5.41) is 5.35. The number of amides is 1. The molecule has 0 atom stereocenters. The van der Waals surface area contributed by atoms with E-state index in [1.807, 2.05) is 12.1 Å². The van der Waals surface area contributed by atoms with Crippen LogP contribution in [0.3, 0.4) is 0 Å². The Kier molecular flexibility index (Phi) is 8.83. The zero-order chi connectivity index (χ0) is 23.8. The number of methoxy groups -OCH3 is 2. The molecule has 0 aromatic heterocycles. The van der Waals surface area contributed by atoms with Crippen molar-refractivity contribution in [1.29, 1.82) is 0 Å².